The molecule has 0 aliphatic heterocycles. The van der Waals surface area contributed by atoms with E-state index in [1.165, 1.54) is 31.2 Å². The second kappa shape index (κ2) is 9.28. The molecule has 27 heavy (non-hydrogen) atoms. The minimum atomic E-state index is -1.00. The highest BCUT2D eigenvalue weighted by Crippen LogP contribution is 2.19. The number of hydrogen-bond acceptors (Lipinski definition) is 5. The maximum absolute atomic E-state index is 12.2. The Morgan fingerprint density at radius 2 is 1.70 bits per heavy atom. The van der Waals surface area contributed by atoms with E-state index < -0.39 is 22.9 Å². The fourth-order valence-corrected chi connectivity index (χ4v) is 2.38. The van der Waals surface area contributed by atoms with E-state index in [-0.39, 0.29) is 17.3 Å². The molecular weight excluding hydrogens is 348 g/mol. The van der Waals surface area contributed by atoms with Gasteiger partial charge in [0.05, 0.1) is 16.5 Å². The number of carbonyl (C=O) groups excluding carboxylic acids is 2. The SMILES string of the molecule is CC(OC(=O)/C=C/c1ccccc1[N+](=O)[O-])C(=O)NC(C)c1ccccc1. The molecule has 2 unspecified atom stereocenters. The maximum atomic E-state index is 12.2. The summed E-state index contributed by atoms with van der Waals surface area (Å²) in [6.45, 7) is 3.29. The quantitative estimate of drug-likeness (QED) is 0.349. The monoisotopic (exact) mass is 368 g/mol. The van der Waals surface area contributed by atoms with Crippen molar-refractivity contribution in [3.05, 3.63) is 81.9 Å². The number of amides is 1. The molecule has 1 amide bonds. The molecule has 0 heterocycles. The van der Waals surface area contributed by atoms with Crippen molar-refractivity contribution in [2.75, 3.05) is 0 Å². The van der Waals surface area contributed by atoms with Crippen LogP contribution in [0.1, 0.15) is 31.0 Å². The number of nitro benzene ring substituents is 1. The highest BCUT2D eigenvalue weighted by atomic mass is 16.6. The Kier molecular flexibility index (Phi) is 6.82. The second-order valence-corrected chi connectivity index (χ2v) is 5.87. The minimum Gasteiger partial charge on any atom is -0.449 e. The van der Waals surface area contributed by atoms with Gasteiger partial charge in [-0.2, -0.15) is 0 Å². The Hall–Kier alpha value is -3.48. The summed E-state index contributed by atoms with van der Waals surface area (Å²) in [5, 5.41) is 13.7. The molecule has 2 rings (SSSR count). The summed E-state index contributed by atoms with van der Waals surface area (Å²) in [5.74, 6) is -1.19. The summed E-state index contributed by atoms with van der Waals surface area (Å²) < 4.78 is 5.06. The van der Waals surface area contributed by atoms with Gasteiger partial charge in [0.2, 0.25) is 0 Å². The molecule has 140 valence electrons. The third-order valence-corrected chi connectivity index (χ3v) is 3.85. The van der Waals surface area contributed by atoms with Crippen molar-refractivity contribution >= 4 is 23.6 Å². The van der Waals surface area contributed by atoms with Crippen LogP contribution in [0.2, 0.25) is 0 Å². The first-order chi connectivity index (χ1) is 12.9. The topological polar surface area (TPSA) is 98.5 Å². The zero-order chi connectivity index (χ0) is 19.8. The molecule has 2 aromatic carbocycles. The number of carbonyl (C=O) groups is 2. The normalized spacial score (nSPS) is 13.0. The average Bonchev–Trinajstić information content (AvgIpc) is 2.67. The van der Waals surface area contributed by atoms with Gasteiger partial charge in [0.25, 0.3) is 11.6 Å². The summed E-state index contributed by atoms with van der Waals surface area (Å²) in [6, 6.07) is 15.2. The van der Waals surface area contributed by atoms with Gasteiger partial charge in [-0.15, -0.1) is 0 Å². The van der Waals surface area contributed by atoms with E-state index in [1.54, 1.807) is 6.07 Å². The lowest BCUT2D eigenvalue weighted by molar-refractivity contribution is -0.385. The largest absolute Gasteiger partial charge is 0.449 e. The predicted molar refractivity (Wildman–Crippen MR) is 101 cm³/mol. The molecule has 2 aromatic rings. The van der Waals surface area contributed by atoms with Gasteiger partial charge in [-0.1, -0.05) is 42.5 Å². The van der Waals surface area contributed by atoms with Gasteiger partial charge in [-0.25, -0.2) is 4.79 Å². The maximum Gasteiger partial charge on any atom is 0.331 e. The first-order valence-corrected chi connectivity index (χ1v) is 8.36. The van der Waals surface area contributed by atoms with Crippen LogP contribution in [0, 0.1) is 10.1 Å². The third-order valence-electron chi connectivity index (χ3n) is 3.85. The molecule has 0 aromatic heterocycles. The zero-order valence-electron chi connectivity index (χ0n) is 15.0. The standard InChI is InChI=1S/C20H20N2O5/c1-14(16-8-4-3-5-9-16)21-20(24)15(2)27-19(23)13-12-17-10-6-7-11-18(17)22(25)26/h3-15H,1-2H3,(H,21,24)/b13-12+. The number of ether oxygens (including phenoxy) is 1. The van der Waals surface area contributed by atoms with Crippen molar-refractivity contribution in [1.82, 2.24) is 5.32 Å². The van der Waals surface area contributed by atoms with Gasteiger partial charge in [-0.05, 0) is 31.6 Å². The molecule has 0 radical (unpaired) electrons. The average molecular weight is 368 g/mol. The van der Waals surface area contributed by atoms with Crippen LogP contribution in [-0.4, -0.2) is 22.9 Å². The molecule has 0 saturated heterocycles. The number of esters is 1. The van der Waals surface area contributed by atoms with Crippen molar-refractivity contribution < 1.29 is 19.2 Å². The van der Waals surface area contributed by atoms with Crippen molar-refractivity contribution in [1.29, 1.82) is 0 Å². The highest BCUT2D eigenvalue weighted by molar-refractivity contribution is 5.91. The molecule has 2 atom stereocenters. The van der Waals surface area contributed by atoms with E-state index in [4.69, 9.17) is 4.74 Å². The molecule has 0 bridgehead atoms. The van der Waals surface area contributed by atoms with Gasteiger partial charge in [0.1, 0.15) is 0 Å². The van der Waals surface area contributed by atoms with E-state index >= 15 is 0 Å². The van der Waals surface area contributed by atoms with E-state index in [0.29, 0.717) is 0 Å². The van der Waals surface area contributed by atoms with Crippen LogP contribution in [0.5, 0.6) is 0 Å². The van der Waals surface area contributed by atoms with Crippen molar-refractivity contribution in [2.24, 2.45) is 0 Å². The van der Waals surface area contributed by atoms with Crippen molar-refractivity contribution in [3.63, 3.8) is 0 Å². The number of nitrogens with one attached hydrogen (secondary N) is 1. The lowest BCUT2D eigenvalue weighted by Gasteiger charge is -2.17. The Morgan fingerprint density at radius 1 is 1.07 bits per heavy atom. The first-order valence-electron chi connectivity index (χ1n) is 8.36. The number of benzene rings is 2. The van der Waals surface area contributed by atoms with Crippen LogP contribution < -0.4 is 5.32 Å². The van der Waals surface area contributed by atoms with Gasteiger partial charge >= 0.3 is 5.97 Å². The van der Waals surface area contributed by atoms with Crippen LogP contribution in [0.25, 0.3) is 6.08 Å². The summed E-state index contributed by atoms with van der Waals surface area (Å²) in [4.78, 5) is 34.5. The van der Waals surface area contributed by atoms with Crippen LogP contribution in [0.4, 0.5) is 5.69 Å². The van der Waals surface area contributed by atoms with Gasteiger partial charge in [-0.3, -0.25) is 14.9 Å². The van der Waals surface area contributed by atoms with Gasteiger partial charge in [0.15, 0.2) is 6.10 Å². The molecule has 7 heteroatoms. The summed E-state index contributed by atoms with van der Waals surface area (Å²) >= 11 is 0. The summed E-state index contributed by atoms with van der Waals surface area (Å²) in [7, 11) is 0. The smallest absolute Gasteiger partial charge is 0.331 e. The molecule has 0 saturated carbocycles. The minimum absolute atomic E-state index is 0.121. The fourth-order valence-electron chi connectivity index (χ4n) is 2.38. The van der Waals surface area contributed by atoms with Crippen LogP contribution in [0.3, 0.4) is 0 Å². The lowest BCUT2D eigenvalue weighted by Crippen LogP contribution is -2.37. The van der Waals surface area contributed by atoms with Crippen molar-refractivity contribution in [3.8, 4) is 0 Å². The van der Waals surface area contributed by atoms with Crippen LogP contribution in [-0.2, 0) is 14.3 Å². The molecule has 0 fully saturated rings. The Labute approximate surface area is 156 Å². The summed E-state index contributed by atoms with van der Waals surface area (Å²) in [6.07, 6.45) is 1.35. The highest BCUT2D eigenvalue weighted by Gasteiger charge is 2.19. The van der Waals surface area contributed by atoms with Gasteiger partial charge < -0.3 is 10.1 Å². The molecule has 0 spiro atoms. The van der Waals surface area contributed by atoms with E-state index in [9.17, 15) is 19.7 Å². The fraction of sp³-hybridized carbons (Fsp3) is 0.200. The molecule has 0 aliphatic rings. The predicted octanol–water partition coefficient (Wildman–Crippen LogP) is 3.42. The Morgan fingerprint density at radius 3 is 2.37 bits per heavy atom. The number of rotatable bonds is 7. The second-order valence-electron chi connectivity index (χ2n) is 5.87. The van der Waals surface area contributed by atoms with E-state index in [0.717, 1.165) is 11.6 Å². The third kappa shape index (κ3) is 5.78. The lowest BCUT2D eigenvalue weighted by atomic mass is 10.1. The van der Waals surface area contributed by atoms with Crippen LogP contribution in [0.15, 0.2) is 60.7 Å². The number of hydrogen-bond donors (Lipinski definition) is 1. The van der Waals surface area contributed by atoms with Crippen molar-refractivity contribution in [2.45, 2.75) is 26.0 Å². The Bertz CT molecular complexity index is 848. The molecule has 7 nitrogen and oxygen atoms in total. The summed E-state index contributed by atoms with van der Waals surface area (Å²) in [5.41, 5.74) is 1.08. The van der Waals surface area contributed by atoms with E-state index in [1.807, 2.05) is 37.3 Å². The first kappa shape index (κ1) is 19.8. The number of nitrogens with zero attached hydrogens (tertiary/aromatic N) is 1. The zero-order valence-corrected chi connectivity index (χ0v) is 15.0. The molecule has 1 N–H and O–H groups in total. The molecule has 0 aliphatic carbocycles. The molecular formula is C20H20N2O5. The van der Waals surface area contributed by atoms with Gasteiger partial charge in [0, 0.05) is 12.1 Å². The van der Waals surface area contributed by atoms with E-state index in [2.05, 4.69) is 5.32 Å². The Balaban J connectivity index is 1.93. The number of nitro groups is 1. The van der Waals surface area contributed by atoms with Crippen LogP contribution >= 0.6 is 0 Å². The number of para-hydroxylation sites is 1.